The van der Waals surface area contributed by atoms with Gasteiger partial charge in [-0.3, -0.25) is 4.79 Å². The van der Waals surface area contributed by atoms with Crippen molar-refractivity contribution in [1.82, 2.24) is 4.57 Å². The van der Waals surface area contributed by atoms with E-state index in [1.165, 1.54) is 13.0 Å². The van der Waals surface area contributed by atoms with Gasteiger partial charge in [0.15, 0.2) is 0 Å². The first kappa shape index (κ1) is 17.4. The molecular formula is C20H19N3O3. The Morgan fingerprint density at radius 1 is 1.31 bits per heavy atom. The number of nitriles is 1. The first-order valence-electron chi connectivity index (χ1n) is 8.21. The third-order valence-electron chi connectivity index (χ3n) is 4.28. The Bertz CT molecular complexity index is 1040. The van der Waals surface area contributed by atoms with Gasteiger partial charge >= 0.3 is 0 Å². The molecule has 2 N–H and O–H groups in total. The van der Waals surface area contributed by atoms with E-state index in [9.17, 15) is 15.2 Å². The lowest BCUT2D eigenvalue weighted by atomic mass is 10.0. The van der Waals surface area contributed by atoms with Gasteiger partial charge in [0.1, 0.15) is 17.6 Å². The minimum atomic E-state index is -0.279. The molecule has 1 amide bonds. The van der Waals surface area contributed by atoms with E-state index in [0.717, 1.165) is 22.2 Å². The SMILES string of the molecule is CCn1c(-c2ccc(O)c(NC(C)=O)c2)c(C#N)c2ccc(OC)cc21. The molecule has 6 heteroatoms. The number of nitrogens with one attached hydrogen (secondary N) is 1. The maximum Gasteiger partial charge on any atom is 0.221 e. The number of aromatic hydroxyl groups is 1. The molecule has 0 spiro atoms. The largest absolute Gasteiger partial charge is 0.506 e. The molecule has 6 nitrogen and oxygen atoms in total. The number of phenols is 1. The first-order chi connectivity index (χ1) is 12.5. The Labute approximate surface area is 151 Å². The number of fused-ring (bicyclic) bond motifs is 1. The van der Waals surface area contributed by atoms with Gasteiger partial charge in [-0.25, -0.2) is 0 Å². The number of hydrogen-bond acceptors (Lipinski definition) is 4. The van der Waals surface area contributed by atoms with E-state index >= 15 is 0 Å². The minimum absolute atomic E-state index is 0.0247. The fraction of sp³-hybridized carbons (Fsp3) is 0.200. The molecule has 3 aromatic rings. The average molecular weight is 349 g/mol. The number of rotatable bonds is 4. The predicted molar refractivity (Wildman–Crippen MR) is 100 cm³/mol. The Kier molecular flexibility index (Phi) is 4.55. The smallest absolute Gasteiger partial charge is 0.221 e. The molecule has 0 radical (unpaired) electrons. The van der Waals surface area contributed by atoms with Crippen LogP contribution < -0.4 is 10.1 Å². The molecule has 1 aromatic heterocycles. The topological polar surface area (TPSA) is 87.3 Å². The second-order valence-corrected chi connectivity index (χ2v) is 5.88. The van der Waals surface area contributed by atoms with Gasteiger partial charge in [-0.1, -0.05) is 0 Å². The summed E-state index contributed by atoms with van der Waals surface area (Å²) in [6, 6.07) is 12.8. The van der Waals surface area contributed by atoms with Crippen LogP contribution in [-0.2, 0) is 11.3 Å². The number of amides is 1. The van der Waals surface area contributed by atoms with Crippen molar-refractivity contribution in [1.29, 1.82) is 5.26 Å². The molecule has 1 heterocycles. The maximum absolute atomic E-state index is 11.4. The third kappa shape index (κ3) is 2.84. The number of aromatic nitrogens is 1. The summed E-state index contributed by atoms with van der Waals surface area (Å²) in [5, 5.41) is 23.2. The first-order valence-corrected chi connectivity index (χ1v) is 8.21. The summed E-state index contributed by atoms with van der Waals surface area (Å²) in [7, 11) is 1.60. The molecular weight excluding hydrogens is 330 g/mol. The normalized spacial score (nSPS) is 10.5. The number of hydrogen-bond donors (Lipinski definition) is 2. The second kappa shape index (κ2) is 6.81. The van der Waals surface area contributed by atoms with Crippen molar-refractivity contribution >= 4 is 22.5 Å². The van der Waals surface area contributed by atoms with Crippen molar-refractivity contribution in [3.8, 4) is 28.8 Å². The zero-order chi connectivity index (χ0) is 18.8. The molecule has 0 unspecified atom stereocenters. The van der Waals surface area contributed by atoms with Gasteiger partial charge in [0.2, 0.25) is 5.91 Å². The van der Waals surface area contributed by atoms with Crippen molar-refractivity contribution in [3.05, 3.63) is 42.0 Å². The molecule has 132 valence electrons. The zero-order valence-electron chi connectivity index (χ0n) is 14.8. The summed E-state index contributed by atoms with van der Waals surface area (Å²) in [5.41, 5.74) is 3.23. The van der Waals surface area contributed by atoms with E-state index in [0.29, 0.717) is 23.5 Å². The number of phenolic OH excluding ortho intramolecular Hbond substituents is 1. The Morgan fingerprint density at radius 3 is 2.69 bits per heavy atom. The number of methoxy groups -OCH3 is 1. The number of aryl methyl sites for hydroxylation is 1. The lowest BCUT2D eigenvalue weighted by Gasteiger charge is -2.12. The van der Waals surface area contributed by atoms with E-state index < -0.39 is 0 Å². The van der Waals surface area contributed by atoms with E-state index in [4.69, 9.17) is 4.74 Å². The molecule has 3 rings (SSSR count). The van der Waals surface area contributed by atoms with Gasteiger partial charge in [0, 0.05) is 30.5 Å². The van der Waals surface area contributed by atoms with Crippen molar-refractivity contribution in [3.63, 3.8) is 0 Å². The van der Waals surface area contributed by atoms with Crippen LogP contribution in [0.4, 0.5) is 5.69 Å². The lowest BCUT2D eigenvalue weighted by molar-refractivity contribution is -0.114. The number of carbonyl (C=O) groups excluding carboxylic acids is 1. The van der Waals surface area contributed by atoms with Crippen LogP contribution in [0.1, 0.15) is 19.4 Å². The van der Waals surface area contributed by atoms with E-state index in [1.807, 2.05) is 29.7 Å². The standard InChI is InChI=1S/C20H19N3O3/c1-4-23-18-10-14(26-3)6-7-15(18)16(11-21)20(23)13-5-8-19(25)17(9-13)22-12(2)24/h5-10,25H,4H2,1-3H3,(H,22,24). The van der Waals surface area contributed by atoms with Crippen LogP contribution in [0.5, 0.6) is 11.5 Å². The fourth-order valence-electron chi connectivity index (χ4n) is 3.17. The number of anilines is 1. The minimum Gasteiger partial charge on any atom is -0.506 e. The van der Waals surface area contributed by atoms with Crippen LogP contribution >= 0.6 is 0 Å². The summed E-state index contributed by atoms with van der Waals surface area (Å²) in [6.07, 6.45) is 0. The molecule has 0 aliphatic heterocycles. The summed E-state index contributed by atoms with van der Waals surface area (Å²) in [5.74, 6) is 0.410. The highest BCUT2D eigenvalue weighted by molar-refractivity contribution is 5.97. The summed E-state index contributed by atoms with van der Waals surface area (Å²) < 4.78 is 7.34. The van der Waals surface area contributed by atoms with Crippen molar-refractivity contribution in [2.45, 2.75) is 20.4 Å². The Morgan fingerprint density at radius 2 is 2.08 bits per heavy atom. The molecule has 0 bridgehead atoms. The Balaban J connectivity index is 2.31. The predicted octanol–water partition coefficient (Wildman–Crippen LogP) is 3.87. The van der Waals surface area contributed by atoms with Crippen molar-refractivity contribution in [2.75, 3.05) is 12.4 Å². The van der Waals surface area contributed by atoms with Gasteiger partial charge in [-0.15, -0.1) is 0 Å². The quantitative estimate of drug-likeness (QED) is 0.700. The molecule has 0 atom stereocenters. The Hall–Kier alpha value is -3.46. The number of nitrogens with zero attached hydrogens (tertiary/aromatic N) is 2. The zero-order valence-corrected chi connectivity index (χ0v) is 14.8. The molecule has 2 aromatic carbocycles. The maximum atomic E-state index is 11.4. The summed E-state index contributed by atoms with van der Waals surface area (Å²) in [4.78, 5) is 11.4. The van der Waals surface area contributed by atoms with Gasteiger partial charge < -0.3 is 19.7 Å². The van der Waals surface area contributed by atoms with Crippen molar-refractivity contribution in [2.24, 2.45) is 0 Å². The summed E-state index contributed by atoms with van der Waals surface area (Å²) >= 11 is 0. The molecule has 0 aliphatic carbocycles. The van der Waals surface area contributed by atoms with Crippen LogP contribution in [0.15, 0.2) is 36.4 Å². The molecule has 0 fully saturated rings. The van der Waals surface area contributed by atoms with Gasteiger partial charge in [0.05, 0.1) is 29.6 Å². The van der Waals surface area contributed by atoms with Crippen LogP contribution in [0.2, 0.25) is 0 Å². The van der Waals surface area contributed by atoms with Gasteiger partial charge in [-0.05, 0) is 37.3 Å². The van der Waals surface area contributed by atoms with Crippen LogP contribution in [0, 0.1) is 11.3 Å². The fourth-order valence-corrected chi connectivity index (χ4v) is 3.17. The number of ether oxygens (including phenoxy) is 1. The number of benzene rings is 2. The highest BCUT2D eigenvalue weighted by atomic mass is 16.5. The molecule has 26 heavy (non-hydrogen) atoms. The highest BCUT2D eigenvalue weighted by Gasteiger charge is 2.19. The average Bonchev–Trinajstić information content (AvgIpc) is 2.95. The third-order valence-corrected chi connectivity index (χ3v) is 4.28. The van der Waals surface area contributed by atoms with E-state index in [-0.39, 0.29) is 11.7 Å². The monoisotopic (exact) mass is 349 g/mol. The van der Waals surface area contributed by atoms with E-state index in [1.54, 1.807) is 19.2 Å². The van der Waals surface area contributed by atoms with Crippen LogP contribution in [-0.4, -0.2) is 22.7 Å². The lowest BCUT2D eigenvalue weighted by Crippen LogP contribution is -2.06. The highest BCUT2D eigenvalue weighted by Crippen LogP contribution is 2.37. The van der Waals surface area contributed by atoms with E-state index in [2.05, 4.69) is 11.4 Å². The van der Waals surface area contributed by atoms with Gasteiger partial charge in [-0.2, -0.15) is 5.26 Å². The molecule has 0 saturated carbocycles. The van der Waals surface area contributed by atoms with Gasteiger partial charge in [0.25, 0.3) is 0 Å². The van der Waals surface area contributed by atoms with Crippen molar-refractivity contribution < 1.29 is 14.6 Å². The second-order valence-electron chi connectivity index (χ2n) is 5.88. The summed E-state index contributed by atoms with van der Waals surface area (Å²) in [6.45, 7) is 4.03. The number of carbonyl (C=O) groups is 1. The van der Waals surface area contributed by atoms with Crippen LogP contribution in [0.25, 0.3) is 22.2 Å². The molecule has 0 saturated heterocycles. The van der Waals surface area contributed by atoms with Crippen LogP contribution in [0.3, 0.4) is 0 Å². The molecule has 0 aliphatic rings.